The van der Waals surface area contributed by atoms with Crippen LogP contribution in [0.5, 0.6) is 0 Å². The molecule has 1 aromatic rings. The van der Waals surface area contributed by atoms with Crippen LogP contribution in [0.25, 0.3) is 0 Å². The minimum atomic E-state index is -0.273. The Kier molecular flexibility index (Phi) is 2.37. The molecule has 1 aromatic heterocycles. The summed E-state index contributed by atoms with van der Waals surface area (Å²) in [4.78, 5) is 12.0. The van der Waals surface area contributed by atoms with Gasteiger partial charge < -0.3 is 4.74 Å². The zero-order chi connectivity index (χ0) is 10.1. The minimum Gasteiger partial charge on any atom is -0.370 e. The van der Waals surface area contributed by atoms with Gasteiger partial charge in [-0.2, -0.15) is 5.10 Å². The molecule has 4 nitrogen and oxygen atoms in total. The van der Waals surface area contributed by atoms with Crippen LogP contribution < -0.4 is 0 Å². The Bertz CT molecular complexity index is 346. The van der Waals surface area contributed by atoms with Crippen LogP contribution >= 0.6 is 0 Å². The summed E-state index contributed by atoms with van der Waals surface area (Å²) in [6.45, 7) is 2.74. The second kappa shape index (κ2) is 3.53. The lowest BCUT2D eigenvalue weighted by atomic mass is 9.99. The smallest absolute Gasteiger partial charge is 0.209 e. The highest BCUT2D eigenvalue weighted by molar-refractivity contribution is 5.98. The van der Waals surface area contributed by atoms with E-state index in [0.29, 0.717) is 18.2 Å². The topological polar surface area (TPSA) is 44.1 Å². The van der Waals surface area contributed by atoms with Gasteiger partial charge >= 0.3 is 0 Å². The van der Waals surface area contributed by atoms with Crippen molar-refractivity contribution in [1.29, 1.82) is 0 Å². The van der Waals surface area contributed by atoms with Gasteiger partial charge in [0.1, 0.15) is 11.8 Å². The molecule has 0 amide bonds. The van der Waals surface area contributed by atoms with Crippen LogP contribution in [0.3, 0.4) is 0 Å². The zero-order valence-electron chi connectivity index (χ0n) is 8.43. The minimum absolute atomic E-state index is 0.0509. The first-order valence-electron chi connectivity index (χ1n) is 4.84. The number of carbonyl (C=O) groups excluding carboxylic acids is 1. The Balaban J connectivity index is 2.20. The van der Waals surface area contributed by atoms with Crippen molar-refractivity contribution in [1.82, 2.24) is 9.78 Å². The van der Waals surface area contributed by atoms with Crippen molar-refractivity contribution >= 4 is 5.78 Å². The average molecular weight is 194 g/mol. The number of ether oxygens (including phenoxy) is 1. The molecule has 1 saturated heterocycles. The summed E-state index contributed by atoms with van der Waals surface area (Å²) in [5, 5.41) is 3.97. The van der Waals surface area contributed by atoms with Crippen LogP contribution in [0.2, 0.25) is 0 Å². The molecule has 1 aliphatic rings. The quantitative estimate of drug-likeness (QED) is 0.660. The molecule has 0 spiro atoms. The molecule has 4 heteroatoms. The summed E-state index contributed by atoms with van der Waals surface area (Å²) in [5.41, 5.74) is 0.628. The van der Waals surface area contributed by atoms with E-state index in [-0.39, 0.29) is 11.9 Å². The molecule has 2 rings (SSSR count). The molecule has 2 unspecified atom stereocenters. The van der Waals surface area contributed by atoms with Crippen molar-refractivity contribution in [3.63, 3.8) is 0 Å². The Labute approximate surface area is 82.9 Å². The summed E-state index contributed by atoms with van der Waals surface area (Å²) in [6.07, 6.45) is 2.33. The van der Waals surface area contributed by atoms with Gasteiger partial charge in [0.15, 0.2) is 0 Å². The second-order valence-corrected chi connectivity index (χ2v) is 3.76. The van der Waals surface area contributed by atoms with Crippen LogP contribution in [0, 0.1) is 5.92 Å². The van der Waals surface area contributed by atoms with Crippen LogP contribution in [0.15, 0.2) is 12.3 Å². The van der Waals surface area contributed by atoms with E-state index in [0.717, 1.165) is 6.42 Å². The van der Waals surface area contributed by atoms with E-state index in [1.807, 2.05) is 6.92 Å². The number of nitrogens with zero attached hydrogens (tertiary/aromatic N) is 2. The number of aryl methyl sites for hydroxylation is 1. The largest absolute Gasteiger partial charge is 0.370 e. The van der Waals surface area contributed by atoms with E-state index in [9.17, 15) is 4.79 Å². The standard InChI is InChI=1S/C10H14N2O2/c1-7-4-6-14-10(7)9(13)8-3-5-11-12(8)2/h3,5,7,10H,4,6H2,1-2H3. The Hall–Kier alpha value is -1.16. The van der Waals surface area contributed by atoms with Crippen molar-refractivity contribution in [2.24, 2.45) is 13.0 Å². The molecule has 0 bridgehead atoms. The molecule has 76 valence electrons. The molecule has 0 N–H and O–H groups in total. The number of ketones is 1. The van der Waals surface area contributed by atoms with Crippen molar-refractivity contribution in [2.45, 2.75) is 19.4 Å². The van der Waals surface area contributed by atoms with Crippen molar-refractivity contribution in [3.8, 4) is 0 Å². The van der Waals surface area contributed by atoms with Crippen LogP contribution in [0.1, 0.15) is 23.8 Å². The third-order valence-electron chi connectivity index (χ3n) is 2.72. The fourth-order valence-corrected chi connectivity index (χ4v) is 1.79. The van der Waals surface area contributed by atoms with E-state index in [1.54, 1.807) is 24.0 Å². The van der Waals surface area contributed by atoms with E-state index < -0.39 is 0 Å². The number of carbonyl (C=O) groups is 1. The third-order valence-corrected chi connectivity index (χ3v) is 2.72. The number of hydrogen-bond donors (Lipinski definition) is 0. The molecule has 0 aliphatic carbocycles. The predicted molar refractivity (Wildman–Crippen MR) is 51.1 cm³/mol. The van der Waals surface area contributed by atoms with Gasteiger partial charge in [-0.1, -0.05) is 6.92 Å². The number of aromatic nitrogens is 2. The predicted octanol–water partition coefficient (Wildman–Crippen LogP) is 1.03. The highest BCUT2D eigenvalue weighted by Gasteiger charge is 2.32. The highest BCUT2D eigenvalue weighted by atomic mass is 16.5. The van der Waals surface area contributed by atoms with Gasteiger partial charge in [0.2, 0.25) is 5.78 Å². The maximum atomic E-state index is 12.0. The van der Waals surface area contributed by atoms with E-state index in [4.69, 9.17) is 4.74 Å². The molecule has 1 fully saturated rings. The van der Waals surface area contributed by atoms with Gasteiger partial charge in [-0.3, -0.25) is 9.48 Å². The molecular weight excluding hydrogens is 180 g/mol. The first-order chi connectivity index (χ1) is 6.70. The summed E-state index contributed by atoms with van der Waals surface area (Å²) >= 11 is 0. The lowest BCUT2D eigenvalue weighted by Gasteiger charge is -2.12. The molecule has 0 saturated carbocycles. The van der Waals surface area contributed by atoms with Gasteiger partial charge in [0.25, 0.3) is 0 Å². The maximum absolute atomic E-state index is 12.0. The van der Waals surface area contributed by atoms with E-state index in [1.165, 1.54) is 0 Å². The molecule has 1 aliphatic heterocycles. The Morgan fingerprint density at radius 3 is 3.00 bits per heavy atom. The summed E-state index contributed by atoms with van der Waals surface area (Å²) in [6, 6.07) is 1.73. The normalized spacial score (nSPS) is 26.7. The molecule has 2 atom stereocenters. The zero-order valence-corrected chi connectivity index (χ0v) is 8.43. The number of hydrogen-bond acceptors (Lipinski definition) is 3. The Morgan fingerprint density at radius 1 is 1.71 bits per heavy atom. The fraction of sp³-hybridized carbons (Fsp3) is 0.600. The first kappa shape index (κ1) is 9.40. The lowest BCUT2D eigenvalue weighted by Crippen LogP contribution is -2.27. The number of Topliss-reactive ketones (excluding diaryl/α,β-unsaturated/α-hetero) is 1. The van der Waals surface area contributed by atoms with Gasteiger partial charge in [0.05, 0.1) is 0 Å². The van der Waals surface area contributed by atoms with Crippen LogP contribution in [0.4, 0.5) is 0 Å². The van der Waals surface area contributed by atoms with E-state index in [2.05, 4.69) is 5.10 Å². The van der Waals surface area contributed by atoms with Crippen molar-refractivity contribution in [2.75, 3.05) is 6.61 Å². The maximum Gasteiger partial charge on any atom is 0.209 e. The van der Waals surface area contributed by atoms with Crippen LogP contribution in [-0.4, -0.2) is 28.3 Å². The highest BCUT2D eigenvalue weighted by Crippen LogP contribution is 2.23. The van der Waals surface area contributed by atoms with Crippen LogP contribution in [-0.2, 0) is 11.8 Å². The molecule has 2 heterocycles. The first-order valence-corrected chi connectivity index (χ1v) is 4.84. The third kappa shape index (κ3) is 1.46. The summed E-state index contributed by atoms with van der Waals surface area (Å²) < 4.78 is 7.01. The van der Waals surface area contributed by atoms with Crippen molar-refractivity contribution < 1.29 is 9.53 Å². The average Bonchev–Trinajstić information content (AvgIpc) is 2.73. The number of rotatable bonds is 2. The monoisotopic (exact) mass is 194 g/mol. The van der Waals surface area contributed by atoms with Gasteiger partial charge in [-0.15, -0.1) is 0 Å². The SMILES string of the molecule is CC1CCOC1C(=O)c1ccnn1C. The van der Waals surface area contributed by atoms with E-state index >= 15 is 0 Å². The van der Waals surface area contributed by atoms with Gasteiger partial charge in [0, 0.05) is 19.9 Å². The van der Waals surface area contributed by atoms with Crippen molar-refractivity contribution in [3.05, 3.63) is 18.0 Å². The molecule has 0 aromatic carbocycles. The Morgan fingerprint density at radius 2 is 2.50 bits per heavy atom. The lowest BCUT2D eigenvalue weighted by molar-refractivity contribution is 0.0570. The summed E-state index contributed by atoms with van der Waals surface area (Å²) in [7, 11) is 1.77. The molecule has 14 heavy (non-hydrogen) atoms. The molecule has 0 radical (unpaired) electrons. The van der Waals surface area contributed by atoms with Gasteiger partial charge in [-0.25, -0.2) is 0 Å². The summed E-state index contributed by atoms with van der Waals surface area (Å²) in [5.74, 6) is 0.368. The van der Waals surface area contributed by atoms with Gasteiger partial charge in [-0.05, 0) is 18.4 Å². The fourth-order valence-electron chi connectivity index (χ4n) is 1.79. The second-order valence-electron chi connectivity index (χ2n) is 3.76. The molecular formula is C10H14N2O2.